The molecule has 3 heteroatoms. The fourth-order valence-electron chi connectivity index (χ4n) is 1.53. The summed E-state index contributed by atoms with van der Waals surface area (Å²) >= 11 is 2.28. The van der Waals surface area contributed by atoms with Crippen LogP contribution >= 0.6 is 22.6 Å². The van der Waals surface area contributed by atoms with Crippen LogP contribution in [0.3, 0.4) is 0 Å². The molecule has 14 heavy (non-hydrogen) atoms. The summed E-state index contributed by atoms with van der Waals surface area (Å²) in [6.07, 6.45) is 1.15. The number of halogens is 1. The minimum atomic E-state index is 0.882. The van der Waals surface area contributed by atoms with Gasteiger partial charge in [0, 0.05) is 16.7 Å². The first-order chi connectivity index (χ1) is 6.69. The second-order valence-electron chi connectivity index (χ2n) is 3.28. The van der Waals surface area contributed by atoms with E-state index in [9.17, 15) is 0 Å². The molecule has 0 fully saturated rings. The van der Waals surface area contributed by atoms with E-state index in [4.69, 9.17) is 5.73 Å². The van der Waals surface area contributed by atoms with Crippen molar-refractivity contribution in [2.24, 2.45) is 0 Å². The van der Waals surface area contributed by atoms with Crippen molar-refractivity contribution in [2.75, 3.05) is 23.7 Å². The Morgan fingerprint density at radius 2 is 2.07 bits per heavy atom. The van der Waals surface area contributed by atoms with Gasteiger partial charge in [-0.2, -0.15) is 0 Å². The summed E-state index contributed by atoms with van der Waals surface area (Å²) in [5, 5.41) is 0. The van der Waals surface area contributed by atoms with Gasteiger partial charge in [-0.3, -0.25) is 0 Å². The van der Waals surface area contributed by atoms with Gasteiger partial charge in [-0.1, -0.05) is 6.92 Å². The molecule has 0 saturated carbocycles. The molecular weight excluding hydrogens is 287 g/mol. The Balaban J connectivity index is 2.92. The topological polar surface area (TPSA) is 29.3 Å². The highest BCUT2D eigenvalue weighted by molar-refractivity contribution is 14.1. The molecule has 0 spiro atoms. The molecule has 1 aromatic carbocycles. The predicted molar refractivity (Wildman–Crippen MR) is 71.7 cm³/mol. The maximum Gasteiger partial charge on any atom is 0.0600 e. The van der Waals surface area contributed by atoms with Gasteiger partial charge in [0.25, 0.3) is 0 Å². The third-order valence-electron chi connectivity index (χ3n) is 2.21. The van der Waals surface area contributed by atoms with Gasteiger partial charge in [-0.05, 0) is 54.1 Å². The van der Waals surface area contributed by atoms with Crippen molar-refractivity contribution in [3.8, 4) is 0 Å². The van der Waals surface area contributed by atoms with Crippen molar-refractivity contribution in [3.63, 3.8) is 0 Å². The van der Waals surface area contributed by atoms with Crippen molar-refractivity contribution < 1.29 is 0 Å². The SMILES string of the molecule is CCCN(CC)c1ccc(I)cc1N. The van der Waals surface area contributed by atoms with Crippen molar-refractivity contribution in [2.45, 2.75) is 20.3 Å². The highest BCUT2D eigenvalue weighted by atomic mass is 127. The Bertz CT molecular complexity index is 299. The lowest BCUT2D eigenvalue weighted by Gasteiger charge is -2.24. The van der Waals surface area contributed by atoms with Gasteiger partial charge in [-0.15, -0.1) is 0 Å². The Kier molecular flexibility index (Phi) is 4.51. The highest BCUT2D eigenvalue weighted by Gasteiger charge is 2.06. The first kappa shape index (κ1) is 11.6. The Morgan fingerprint density at radius 3 is 2.57 bits per heavy atom. The second kappa shape index (κ2) is 5.44. The molecule has 0 aliphatic heterocycles. The Hall–Kier alpha value is -0.450. The van der Waals surface area contributed by atoms with E-state index in [1.165, 1.54) is 3.57 Å². The van der Waals surface area contributed by atoms with Crippen LogP contribution in [0.4, 0.5) is 11.4 Å². The molecule has 0 aliphatic carbocycles. The minimum absolute atomic E-state index is 0.882. The lowest BCUT2D eigenvalue weighted by Crippen LogP contribution is -2.24. The van der Waals surface area contributed by atoms with Gasteiger partial charge in [0.2, 0.25) is 0 Å². The summed E-state index contributed by atoms with van der Waals surface area (Å²) in [4.78, 5) is 2.31. The van der Waals surface area contributed by atoms with Crippen LogP contribution in [-0.4, -0.2) is 13.1 Å². The first-order valence-corrected chi connectivity index (χ1v) is 6.06. The van der Waals surface area contributed by atoms with Gasteiger partial charge in [0.1, 0.15) is 0 Å². The molecule has 1 rings (SSSR count). The molecule has 0 amide bonds. The fraction of sp³-hybridized carbons (Fsp3) is 0.455. The van der Waals surface area contributed by atoms with Crippen LogP contribution in [0, 0.1) is 3.57 Å². The summed E-state index contributed by atoms with van der Waals surface area (Å²) in [7, 11) is 0. The normalized spacial score (nSPS) is 10.2. The molecule has 0 aliphatic rings. The number of nitrogens with two attached hydrogens (primary N) is 1. The zero-order valence-electron chi connectivity index (χ0n) is 8.76. The van der Waals surface area contributed by atoms with E-state index in [0.29, 0.717) is 0 Å². The maximum atomic E-state index is 5.98. The number of benzene rings is 1. The molecule has 0 saturated heterocycles. The molecule has 78 valence electrons. The molecule has 0 bridgehead atoms. The van der Waals surface area contributed by atoms with Crippen LogP contribution < -0.4 is 10.6 Å². The number of rotatable bonds is 4. The minimum Gasteiger partial charge on any atom is -0.397 e. The third kappa shape index (κ3) is 2.77. The zero-order valence-corrected chi connectivity index (χ0v) is 10.9. The average Bonchev–Trinajstić information content (AvgIpc) is 2.15. The van der Waals surface area contributed by atoms with Gasteiger partial charge in [-0.25, -0.2) is 0 Å². The van der Waals surface area contributed by atoms with Gasteiger partial charge >= 0.3 is 0 Å². The lowest BCUT2D eigenvalue weighted by molar-refractivity contribution is 0.793. The lowest BCUT2D eigenvalue weighted by atomic mass is 10.2. The van der Waals surface area contributed by atoms with E-state index in [0.717, 1.165) is 30.9 Å². The maximum absolute atomic E-state index is 5.98. The molecule has 0 radical (unpaired) electrons. The zero-order chi connectivity index (χ0) is 10.6. The Labute approximate surface area is 99.6 Å². The molecule has 0 heterocycles. The summed E-state index contributed by atoms with van der Waals surface area (Å²) in [5.41, 5.74) is 8.03. The molecule has 1 aromatic rings. The van der Waals surface area contributed by atoms with E-state index in [1.807, 2.05) is 6.07 Å². The van der Waals surface area contributed by atoms with Gasteiger partial charge < -0.3 is 10.6 Å². The highest BCUT2D eigenvalue weighted by Crippen LogP contribution is 2.24. The average molecular weight is 304 g/mol. The largest absolute Gasteiger partial charge is 0.397 e. The van der Waals surface area contributed by atoms with E-state index >= 15 is 0 Å². The first-order valence-electron chi connectivity index (χ1n) is 4.99. The molecule has 0 aromatic heterocycles. The quantitative estimate of drug-likeness (QED) is 0.684. The number of nitrogen functional groups attached to an aromatic ring is 1. The number of nitrogens with zero attached hydrogens (tertiary/aromatic N) is 1. The van der Waals surface area contributed by atoms with Crippen LogP contribution in [0.1, 0.15) is 20.3 Å². The summed E-state index contributed by atoms with van der Waals surface area (Å²) in [6, 6.07) is 6.23. The van der Waals surface area contributed by atoms with Crippen LogP contribution in [0.25, 0.3) is 0 Å². The molecular formula is C11H17IN2. The van der Waals surface area contributed by atoms with E-state index in [1.54, 1.807) is 0 Å². The number of hydrogen-bond acceptors (Lipinski definition) is 2. The van der Waals surface area contributed by atoms with Crippen molar-refractivity contribution in [3.05, 3.63) is 21.8 Å². The monoisotopic (exact) mass is 304 g/mol. The van der Waals surface area contributed by atoms with Crippen LogP contribution in [0.5, 0.6) is 0 Å². The van der Waals surface area contributed by atoms with E-state index in [2.05, 4.69) is 53.5 Å². The molecule has 0 atom stereocenters. The Morgan fingerprint density at radius 1 is 1.36 bits per heavy atom. The summed E-state index contributed by atoms with van der Waals surface area (Å²) < 4.78 is 1.19. The third-order valence-corrected chi connectivity index (χ3v) is 2.88. The van der Waals surface area contributed by atoms with Crippen LogP contribution in [-0.2, 0) is 0 Å². The molecule has 2 nitrogen and oxygen atoms in total. The summed E-state index contributed by atoms with van der Waals surface area (Å²) in [6.45, 7) is 6.43. The molecule has 2 N–H and O–H groups in total. The second-order valence-corrected chi connectivity index (χ2v) is 4.53. The van der Waals surface area contributed by atoms with Crippen molar-refractivity contribution >= 4 is 34.0 Å². The van der Waals surface area contributed by atoms with Crippen molar-refractivity contribution in [1.82, 2.24) is 0 Å². The van der Waals surface area contributed by atoms with Gasteiger partial charge in [0.15, 0.2) is 0 Å². The van der Waals surface area contributed by atoms with Gasteiger partial charge in [0.05, 0.1) is 11.4 Å². The standard InChI is InChI=1S/C11H17IN2/c1-3-7-14(4-2)11-6-5-9(12)8-10(11)13/h5-6,8H,3-4,7,13H2,1-2H3. The van der Waals surface area contributed by atoms with Crippen LogP contribution in [0.2, 0.25) is 0 Å². The number of hydrogen-bond donors (Lipinski definition) is 1. The van der Waals surface area contributed by atoms with E-state index < -0.39 is 0 Å². The van der Waals surface area contributed by atoms with Crippen LogP contribution in [0.15, 0.2) is 18.2 Å². The summed E-state index contributed by atoms with van der Waals surface area (Å²) in [5.74, 6) is 0. The van der Waals surface area contributed by atoms with E-state index in [-0.39, 0.29) is 0 Å². The smallest absolute Gasteiger partial charge is 0.0600 e. The molecule has 0 unspecified atom stereocenters. The fourth-order valence-corrected chi connectivity index (χ4v) is 2.05. The number of anilines is 2. The predicted octanol–water partition coefficient (Wildman–Crippen LogP) is 3.11. The van der Waals surface area contributed by atoms with Crippen molar-refractivity contribution in [1.29, 1.82) is 0 Å².